The summed E-state index contributed by atoms with van der Waals surface area (Å²) in [5, 5.41) is 10.4. The van der Waals surface area contributed by atoms with Crippen LogP contribution in [0, 0.1) is 5.82 Å². The first-order valence-electron chi connectivity index (χ1n) is 9.44. The van der Waals surface area contributed by atoms with Gasteiger partial charge in [-0.3, -0.25) is 0 Å². The van der Waals surface area contributed by atoms with Gasteiger partial charge >= 0.3 is 0 Å². The van der Waals surface area contributed by atoms with Gasteiger partial charge in [0.1, 0.15) is 37.4 Å². The number of hydrogen-bond acceptors (Lipinski definition) is 2. The number of nitrogens with zero attached hydrogens (tertiary/aromatic N) is 1. The number of halogens is 1. The summed E-state index contributed by atoms with van der Waals surface area (Å²) in [4.78, 5) is 0. The Kier molecular flexibility index (Phi) is 6.45. The van der Waals surface area contributed by atoms with E-state index in [4.69, 9.17) is 4.74 Å². The van der Waals surface area contributed by atoms with Gasteiger partial charge in [-0.25, -0.2) is 4.39 Å². The molecule has 0 fully saturated rings. The highest BCUT2D eigenvalue weighted by Crippen LogP contribution is 2.22. The van der Waals surface area contributed by atoms with Crippen molar-refractivity contribution in [3.63, 3.8) is 0 Å². The van der Waals surface area contributed by atoms with E-state index in [-0.39, 0.29) is 12.4 Å². The van der Waals surface area contributed by atoms with Gasteiger partial charge in [-0.15, -0.1) is 0 Å². The summed E-state index contributed by atoms with van der Waals surface area (Å²) in [6, 6.07) is 24.6. The average Bonchev–Trinajstić information content (AvgIpc) is 2.69. The van der Waals surface area contributed by atoms with Crippen molar-refractivity contribution >= 4 is 0 Å². The molecular weight excluding hydrogens is 353 g/mol. The van der Waals surface area contributed by atoms with Crippen LogP contribution in [0.5, 0.6) is 5.75 Å². The van der Waals surface area contributed by atoms with Crippen molar-refractivity contribution in [2.45, 2.75) is 12.6 Å². The first-order chi connectivity index (χ1) is 13.4. The van der Waals surface area contributed by atoms with E-state index in [0.29, 0.717) is 17.6 Å². The summed E-state index contributed by atoms with van der Waals surface area (Å²) in [6.45, 7) is 1.48. The van der Waals surface area contributed by atoms with E-state index in [1.54, 1.807) is 12.1 Å². The summed E-state index contributed by atoms with van der Waals surface area (Å²) in [6.07, 6.45) is -0.593. The van der Waals surface area contributed by atoms with Crippen LogP contribution in [0.1, 0.15) is 5.56 Å². The fraction of sp³-hybridized carbons (Fsp3) is 0.250. The zero-order valence-corrected chi connectivity index (χ0v) is 16.4. The third-order valence-electron chi connectivity index (χ3n) is 4.63. The maximum absolute atomic E-state index is 13.1. The highest BCUT2D eigenvalue weighted by molar-refractivity contribution is 5.63. The number of aliphatic hydroxyl groups is 1. The molecule has 0 aromatic heterocycles. The average molecular weight is 380 g/mol. The molecule has 0 spiro atoms. The third-order valence-corrected chi connectivity index (χ3v) is 4.63. The Morgan fingerprint density at radius 3 is 2.11 bits per heavy atom. The van der Waals surface area contributed by atoms with E-state index in [1.165, 1.54) is 12.1 Å². The second kappa shape index (κ2) is 9.00. The summed E-state index contributed by atoms with van der Waals surface area (Å²) in [5.74, 6) is 0.503. The summed E-state index contributed by atoms with van der Waals surface area (Å²) < 4.78 is 19.4. The van der Waals surface area contributed by atoms with Gasteiger partial charge in [0.2, 0.25) is 0 Å². The molecule has 3 aromatic rings. The zero-order chi connectivity index (χ0) is 20.0. The Labute approximate surface area is 166 Å². The normalized spacial score (nSPS) is 12.6. The lowest BCUT2D eigenvalue weighted by atomic mass is 10.1. The smallest absolute Gasteiger partial charge is 0.137 e. The maximum atomic E-state index is 13.1. The Bertz CT molecular complexity index is 861. The molecule has 3 rings (SSSR count). The molecule has 4 heteroatoms. The van der Waals surface area contributed by atoms with Crippen molar-refractivity contribution in [2.24, 2.45) is 0 Å². The number of benzene rings is 3. The fourth-order valence-electron chi connectivity index (χ4n) is 3.34. The number of hydrogen-bond donors (Lipinski definition) is 1. The second-order valence-electron chi connectivity index (χ2n) is 7.76. The molecule has 0 saturated heterocycles. The van der Waals surface area contributed by atoms with Crippen LogP contribution in [0.4, 0.5) is 4.39 Å². The SMILES string of the molecule is C[N+](C)(Cc1ccc(F)cc1)C[C@@H](O)COc1ccc(-c2ccccc2)cc1. The van der Waals surface area contributed by atoms with Gasteiger partial charge in [-0.2, -0.15) is 0 Å². The van der Waals surface area contributed by atoms with Crippen molar-refractivity contribution in [1.82, 2.24) is 0 Å². The molecule has 0 amide bonds. The van der Waals surface area contributed by atoms with Gasteiger partial charge in [0.25, 0.3) is 0 Å². The highest BCUT2D eigenvalue weighted by Gasteiger charge is 2.21. The second-order valence-corrected chi connectivity index (χ2v) is 7.76. The molecule has 0 aliphatic rings. The minimum absolute atomic E-state index is 0.232. The van der Waals surface area contributed by atoms with Crippen LogP contribution < -0.4 is 4.74 Å². The molecule has 0 radical (unpaired) electrons. The van der Waals surface area contributed by atoms with Gasteiger partial charge in [0.15, 0.2) is 0 Å². The van der Waals surface area contributed by atoms with Crippen LogP contribution in [0.3, 0.4) is 0 Å². The Balaban J connectivity index is 1.50. The number of quaternary nitrogens is 1. The summed E-state index contributed by atoms with van der Waals surface area (Å²) in [7, 11) is 4.09. The molecule has 3 aromatic carbocycles. The molecule has 1 atom stereocenters. The monoisotopic (exact) mass is 380 g/mol. The summed E-state index contributed by atoms with van der Waals surface area (Å²) in [5.41, 5.74) is 3.33. The molecule has 1 N–H and O–H groups in total. The first kappa shape index (κ1) is 20.1. The van der Waals surface area contributed by atoms with E-state index in [2.05, 4.69) is 12.1 Å². The van der Waals surface area contributed by atoms with Gasteiger partial charge in [-0.05, 0) is 35.4 Å². The van der Waals surface area contributed by atoms with Crippen molar-refractivity contribution in [3.05, 3.63) is 90.2 Å². The van der Waals surface area contributed by atoms with E-state index in [0.717, 1.165) is 22.4 Å². The first-order valence-corrected chi connectivity index (χ1v) is 9.44. The lowest BCUT2D eigenvalue weighted by Gasteiger charge is -2.32. The quantitative estimate of drug-likeness (QED) is 0.583. The zero-order valence-electron chi connectivity index (χ0n) is 16.4. The largest absolute Gasteiger partial charge is 0.491 e. The molecule has 0 saturated carbocycles. The summed E-state index contributed by atoms with van der Waals surface area (Å²) >= 11 is 0. The molecule has 3 nitrogen and oxygen atoms in total. The van der Waals surface area contributed by atoms with Crippen LogP contribution in [0.2, 0.25) is 0 Å². The molecule has 0 bridgehead atoms. The molecule has 0 heterocycles. The fourth-order valence-corrected chi connectivity index (χ4v) is 3.34. The minimum atomic E-state index is -0.593. The molecule has 0 unspecified atom stereocenters. The molecule has 0 aliphatic heterocycles. The molecule has 146 valence electrons. The van der Waals surface area contributed by atoms with Crippen LogP contribution >= 0.6 is 0 Å². The van der Waals surface area contributed by atoms with Crippen molar-refractivity contribution in [2.75, 3.05) is 27.2 Å². The van der Waals surface area contributed by atoms with E-state index in [1.807, 2.05) is 56.6 Å². The van der Waals surface area contributed by atoms with Gasteiger partial charge < -0.3 is 14.3 Å². The third kappa shape index (κ3) is 5.91. The van der Waals surface area contributed by atoms with Crippen molar-refractivity contribution < 1.29 is 18.7 Å². The Hall–Kier alpha value is -2.69. The number of aliphatic hydroxyl groups excluding tert-OH is 1. The van der Waals surface area contributed by atoms with Crippen LogP contribution in [-0.4, -0.2) is 42.9 Å². The van der Waals surface area contributed by atoms with E-state index < -0.39 is 6.10 Å². The molecule has 0 aliphatic carbocycles. The van der Waals surface area contributed by atoms with E-state index >= 15 is 0 Å². The van der Waals surface area contributed by atoms with E-state index in [9.17, 15) is 9.50 Å². The van der Waals surface area contributed by atoms with Crippen molar-refractivity contribution in [1.29, 1.82) is 0 Å². The minimum Gasteiger partial charge on any atom is -0.491 e. The van der Waals surface area contributed by atoms with Crippen LogP contribution in [0.25, 0.3) is 11.1 Å². The Morgan fingerprint density at radius 1 is 0.857 bits per heavy atom. The molecular formula is C24H27FNO2+. The topological polar surface area (TPSA) is 29.5 Å². The van der Waals surface area contributed by atoms with Crippen LogP contribution in [0.15, 0.2) is 78.9 Å². The standard InChI is InChI=1S/C24H27FNO2/c1-26(2,16-19-8-12-22(25)13-9-19)17-23(27)18-28-24-14-10-21(11-15-24)20-6-4-3-5-7-20/h3-15,23,27H,16-18H2,1-2H3/q+1/t23-/m1/s1. The number of likely N-dealkylation sites (N-methyl/N-ethyl adjacent to an activating group) is 1. The lowest BCUT2D eigenvalue weighted by molar-refractivity contribution is -0.906. The highest BCUT2D eigenvalue weighted by atomic mass is 19.1. The predicted octanol–water partition coefficient (Wildman–Crippen LogP) is 4.51. The predicted molar refractivity (Wildman–Crippen MR) is 110 cm³/mol. The van der Waals surface area contributed by atoms with Gasteiger partial charge in [0.05, 0.1) is 14.1 Å². The van der Waals surface area contributed by atoms with Crippen LogP contribution in [-0.2, 0) is 6.54 Å². The van der Waals surface area contributed by atoms with Crippen molar-refractivity contribution in [3.8, 4) is 16.9 Å². The molecule has 28 heavy (non-hydrogen) atoms. The van der Waals surface area contributed by atoms with Gasteiger partial charge in [-0.1, -0.05) is 54.6 Å². The number of rotatable bonds is 8. The van der Waals surface area contributed by atoms with Gasteiger partial charge in [0, 0.05) is 5.56 Å². The maximum Gasteiger partial charge on any atom is 0.137 e. The Morgan fingerprint density at radius 2 is 1.46 bits per heavy atom. The lowest BCUT2D eigenvalue weighted by Crippen LogP contribution is -2.46. The number of ether oxygens (including phenoxy) is 1.